The standard InChI is InChI=1S/C23H26N2O/c1-2-3-4-7-17-10-12-18(13-11-17)20-8-5-6-9-22(20)26-23-15-14-19(24)16-21(23)25/h5-6,8-16H,2-4,7,24-25H2,1H3. The number of rotatable bonds is 7. The van der Waals surface area contributed by atoms with Gasteiger partial charge in [0.25, 0.3) is 0 Å². The molecular weight excluding hydrogens is 320 g/mol. The van der Waals surface area contributed by atoms with Crippen LogP contribution in [0.25, 0.3) is 11.1 Å². The molecule has 0 saturated heterocycles. The third kappa shape index (κ3) is 4.37. The molecule has 0 aromatic heterocycles. The van der Waals surface area contributed by atoms with Crippen LogP contribution in [-0.2, 0) is 6.42 Å². The molecule has 0 spiro atoms. The Balaban J connectivity index is 1.82. The molecule has 0 fully saturated rings. The van der Waals surface area contributed by atoms with Gasteiger partial charge >= 0.3 is 0 Å². The molecule has 0 bridgehead atoms. The Morgan fingerprint density at radius 2 is 1.58 bits per heavy atom. The van der Waals surface area contributed by atoms with Crippen LogP contribution in [0.15, 0.2) is 66.7 Å². The molecule has 0 atom stereocenters. The lowest BCUT2D eigenvalue weighted by Gasteiger charge is -2.13. The van der Waals surface area contributed by atoms with Gasteiger partial charge in [0.2, 0.25) is 0 Å². The molecule has 3 heteroatoms. The number of unbranched alkanes of at least 4 members (excludes halogenated alkanes) is 2. The number of hydrogen-bond acceptors (Lipinski definition) is 3. The summed E-state index contributed by atoms with van der Waals surface area (Å²) >= 11 is 0. The molecule has 3 rings (SSSR count). The van der Waals surface area contributed by atoms with E-state index in [-0.39, 0.29) is 0 Å². The molecule has 3 aromatic carbocycles. The summed E-state index contributed by atoms with van der Waals surface area (Å²) in [6.07, 6.45) is 4.90. The highest BCUT2D eigenvalue weighted by molar-refractivity contribution is 5.72. The van der Waals surface area contributed by atoms with Crippen molar-refractivity contribution in [3.8, 4) is 22.6 Å². The van der Waals surface area contributed by atoms with E-state index < -0.39 is 0 Å². The van der Waals surface area contributed by atoms with Crippen LogP contribution in [0.2, 0.25) is 0 Å². The maximum absolute atomic E-state index is 6.08. The van der Waals surface area contributed by atoms with Crippen molar-refractivity contribution in [2.45, 2.75) is 32.6 Å². The van der Waals surface area contributed by atoms with Gasteiger partial charge < -0.3 is 16.2 Å². The zero-order valence-corrected chi connectivity index (χ0v) is 15.2. The first-order chi connectivity index (χ1) is 12.7. The Hall–Kier alpha value is -2.94. The van der Waals surface area contributed by atoms with E-state index in [1.54, 1.807) is 18.2 Å². The Bertz CT molecular complexity index is 856. The summed E-state index contributed by atoms with van der Waals surface area (Å²) in [4.78, 5) is 0. The van der Waals surface area contributed by atoms with Crippen molar-refractivity contribution in [1.82, 2.24) is 0 Å². The molecule has 0 amide bonds. The zero-order valence-electron chi connectivity index (χ0n) is 15.2. The monoisotopic (exact) mass is 346 g/mol. The molecule has 4 N–H and O–H groups in total. The van der Waals surface area contributed by atoms with Crippen LogP contribution in [0.1, 0.15) is 31.7 Å². The fraction of sp³-hybridized carbons (Fsp3) is 0.217. The second-order valence-corrected chi connectivity index (χ2v) is 6.55. The lowest BCUT2D eigenvalue weighted by molar-refractivity contribution is 0.487. The summed E-state index contributed by atoms with van der Waals surface area (Å²) < 4.78 is 6.08. The molecule has 0 aliphatic carbocycles. The molecule has 0 heterocycles. The SMILES string of the molecule is CCCCCc1ccc(-c2ccccc2Oc2ccc(N)cc2N)cc1. The molecule has 0 unspecified atom stereocenters. The van der Waals surface area contributed by atoms with Gasteiger partial charge in [-0.05, 0) is 48.2 Å². The molecule has 3 nitrogen and oxygen atoms in total. The predicted octanol–water partition coefficient (Wildman–Crippen LogP) is 6.04. The van der Waals surface area contributed by atoms with Crippen molar-refractivity contribution in [3.05, 3.63) is 72.3 Å². The van der Waals surface area contributed by atoms with Crippen molar-refractivity contribution in [3.63, 3.8) is 0 Å². The second-order valence-electron chi connectivity index (χ2n) is 6.55. The minimum Gasteiger partial charge on any atom is -0.455 e. The highest BCUT2D eigenvalue weighted by Gasteiger charge is 2.09. The molecule has 0 aliphatic rings. The molecule has 134 valence electrons. The van der Waals surface area contributed by atoms with E-state index in [4.69, 9.17) is 16.2 Å². The van der Waals surface area contributed by atoms with Crippen molar-refractivity contribution in [2.75, 3.05) is 11.5 Å². The molecule has 0 aliphatic heterocycles. The zero-order chi connectivity index (χ0) is 18.4. The largest absolute Gasteiger partial charge is 0.455 e. The maximum Gasteiger partial charge on any atom is 0.150 e. The highest BCUT2D eigenvalue weighted by atomic mass is 16.5. The van der Waals surface area contributed by atoms with Gasteiger partial charge in [0.1, 0.15) is 11.5 Å². The van der Waals surface area contributed by atoms with Crippen molar-refractivity contribution < 1.29 is 4.74 Å². The van der Waals surface area contributed by atoms with Crippen LogP contribution in [0.5, 0.6) is 11.5 Å². The minimum absolute atomic E-state index is 0.533. The number of aryl methyl sites for hydroxylation is 1. The van der Waals surface area contributed by atoms with Crippen LogP contribution in [0.3, 0.4) is 0 Å². The highest BCUT2D eigenvalue weighted by Crippen LogP contribution is 2.36. The average Bonchev–Trinajstić information content (AvgIpc) is 2.65. The van der Waals surface area contributed by atoms with Crippen LogP contribution in [0.4, 0.5) is 11.4 Å². The van der Waals surface area contributed by atoms with E-state index in [2.05, 4.69) is 37.3 Å². The van der Waals surface area contributed by atoms with Gasteiger partial charge in [-0.2, -0.15) is 0 Å². The van der Waals surface area contributed by atoms with E-state index in [0.29, 0.717) is 17.1 Å². The Labute approximate surface area is 155 Å². The Morgan fingerprint density at radius 1 is 0.808 bits per heavy atom. The minimum atomic E-state index is 0.533. The van der Waals surface area contributed by atoms with Gasteiger partial charge in [-0.1, -0.05) is 62.2 Å². The smallest absolute Gasteiger partial charge is 0.150 e. The lowest BCUT2D eigenvalue weighted by atomic mass is 10.0. The summed E-state index contributed by atoms with van der Waals surface area (Å²) in [5.41, 5.74) is 16.5. The summed E-state index contributed by atoms with van der Waals surface area (Å²) in [6, 6.07) is 22.1. The number of anilines is 2. The Morgan fingerprint density at radius 3 is 2.31 bits per heavy atom. The van der Waals surface area contributed by atoms with Crippen molar-refractivity contribution in [1.29, 1.82) is 0 Å². The van der Waals surface area contributed by atoms with E-state index in [9.17, 15) is 0 Å². The van der Waals surface area contributed by atoms with Gasteiger partial charge in [-0.25, -0.2) is 0 Å². The summed E-state index contributed by atoms with van der Waals surface area (Å²) in [5, 5.41) is 0. The topological polar surface area (TPSA) is 61.3 Å². The van der Waals surface area contributed by atoms with E-state index in [0.717, 1.165) is 23.3 Å². The summed E-state index contributed by atoms with van der Waals surface area (Å²) in [5.74, 6) is 1.39. The summed E-state index contributed by atoms with van der Waals surface area (Å²) in [6.45, 7) is 2.23. The number of nitrogens with two attached hydrogens (primary N) is 2. The van der Waals surface area contributed by atoms with E-state index in [1.165, 1.54) is 24.8 Å². The van der Waals surface area contributed by atoms with Crippen LogP contribution in [0, 0.1) is 0 Å². The molecule has 26 heavy (non-hydrogen) atoms. The van der Waals surface area contributed by atoms with E-state index in [1.807, 2.05) is 18.2 Å². The Kier molecular flexibility index (Phi) is 5.80. The van der Waals surface area contributed by atoms with Crippen molar-refractivity contribution >= 4 is 11.4 Å². The fourth-order valence-electron chi connectivity index (χ4n) is 3.00. The predicted molar refractivity (Wildman–Crippen MR) is 110 cm³/mol. The number of benzene rings is 3. The fourth-order valence-corrected chi connectivity index (χ4v) is 3.00. The molecular formula is C23H26N2O. The van der Waals surface area contributed by atoms with Crippen LogP contribution in [-0.4, -0.2) is 0 Å². The van der Waals surface area contributed by atoms with Crippen LogP contribution < -0.4 is 16.2 Å². The average molecular weight is 346 g/mol. The third-order valence-electron chi connectivity index (χ3n) is 4.47. The molecule has 0 radical (unpaired) electrons. The molecule has 3 aromatic rings. The third-order valence-corrected chi connectivity index (χ3v) is 4.47. The van der Waals surface area contributed by atoms with Gasteiger partial charge in [-0.15, -0.1) is 0 Å². The first kappa shape index (κ1) is 17.9. The van der Waals surface area contributed by atoms with Crippen molar-refractivity contribution in [2.24, 2.45) is 0 Å². The maximum atomic E-state index is 6.08. The lowest BCUT2D eigenvalue weighted by Crippen LogP contribution is -1.95. The number of para-hydroxylation sites is 1. The van der Waals surface area contributed by atoms with E-state index >= 15 is 0 Å². The van der Waals surface area contributed by atoms with Gasteiger partial charge in [-0.3, -0.25) is 0 Å². The van der Waals surface area contributed by atoms with Gasteiger partial charge in [0.15, 0.2) is 0 Å². The summed E-state index contributed by atoms with van der Waals surface area (Å²) in [7, 11) is 0. The normalized spacial score (nSPS) is 10.7. The number of hydrogen-bond donors (Lipinski definition) is 2. The van der Waals surface area contributed by atoms with Gasteiger partial charge in [0.05, 0.1) is 5.69 Å². The number of nitrogen functional groups attached to an aromatic ring is 2. The first-order valence-electron chi connectivity index (χ1n) is 9.18. The quantitative estimate of drug-likeness (QED) is 0.405. The first-order valence-corrected chi connectivity index (χ1v) is 9.18. The van der Waals surface area contributed by atoms with Crippen LogP contribution >= 0.6 is 0 Å². The second kappa shape index (κ2) is 8.43. The molecule has 0 saturated carbocycles. The number of ether oxygens (including phenoxy) is 1. The van der Waals surface area contributed by atoms with Gasteiger partial charge in [0, 0.05) is 11.3 Å².